The predicted octanol–water partition coefficient (Wildman–Crippen LogP) is 2.75. The molecule has 4 nitrogen and oxygen atoms in total. The Bertz CT molecular complexity index is 499. The third-order valence-electron chi connectivity index (χ3n) is 4.51. The Hall–Kier alpha value is -0.650. The first-order chi connectivity index (χ1) is 9.73. The summed E-state index contributed by atoms with van der Waals surface area (Å²) in [6.45, 7) is 6.47. The Kier molecular flexibility index (Phi) is 4.66. The van der Waals surface area contributed by atoms with Gasteiger partial charge in [-0.25, -0.2) is 4.79 Å². The molecule has 0 amide bonds. The topological polar surface area (TPSA) is 55.8 Å². The first-order valence-corrected chi connectivity index (χ1v) is 8.04. The number of fused-ring (bicyclic) bond motifs is 2. The van der Waals surface area contributed by atoms with Crippen LogP contribution in [0.3, 0.4) is 0 Å². The summed E-state index contributed by atoms with van der Waals surface area (Å²) in [6.07, 6.45) is 4.24. The fourth-order valence-corrected chi connectivity index (χ4v) is 4.36. The molecule has 0 saturated carbocycles. The smallest absolute Gasteiger partial charge is 0.330 e. The molecule has 21 heavy (non-hydrogen) atoms. The SMILES string of the molecule is COC(=O)/C=C(\C)C[C@@H](O)[C@]12C=C(C)C[C@](C)(OC1)[C@H]2Br. The summed E-state index contributed by atoms with van der Waals surface area (Å²) in [5.74, 6) is -0.393. The van der Waals surface area contributed by atoms with E-state index in [2.05, 4.69) is 40.6 Å². The van der Waals surface area contributed by atoms with E-state index in [9.17, 15) is 9.90 Å². The summed E-state index contributed by atoms with van der Waals surface area (Å²) < 4.78 is 10.6. The lowest BCUT2D eigenvalue weighted by Gasteiger charge is -2.41. The number of carbonyl (C=O) groups is 1. The molecule has 2 rings (SSSR count). The van der Waals surface area contributed by atoms with Crippen molar-refractivity contribution in [3.8, 4) is 0 Å². The molecular weight excluding hydrogens is 336 g/mol. The molecule has 0 spiro atoms. The fourth-order valence-electron chi connectivity index (χ4n) is 3.50. The van der Waals surface area contributed by atoms with E-state index in [0.717, 1.165) is 12.0 Å². The van der Waals surface area contributed by atoms with Gasteiger partial charge in [-0.1, -0.05) is 33.2 Å². The van der Waals surface area contributed by atoms with E-state index in [0.29, 0.717) is 13.0 Å². The van der Waals surface area contributed by atoms with Gasteiger partial charge in [0.25, 0.3) is 0 Å². The van der Waals surface area contributed by atoms with Crippen LogP contribution in [0.5, 0.6) is 0 Å². The summed E-state index contributed by atoms with van der Waals surface area (Å²) in [7, 11) is 1.35. The molecule has 1 heterocycles. The number of methoxy groups -OCH3 is 1. The van der Waals surface area contributed by atoms with Crippen LogP contribution in [0.4, 0.5) is 0 Å². The zero-order chi connectivity index (χ0) is 15.8. The normalized spacial score (nSPS) is 37.1. The number of carbonyl (C=O) groups excluding carboxylic acids is 1. The van der Waals surface area contributed by atoms with Crippen LogP contribution >= 0.6 is 15.9 Å². The lowest BCUT2D eigenvalue weighted by molar-refractivity contribution is -0.134. The van der Waals surface area contributed by atoms with Crippen molar-refractivity contribution >= 4 is 21.9 Å². The first kappa shape index (κ1) is 16.7. The second-order valence-electron chi connectivity index (χ2n) is 6.48. The molecule has 0 unspecified atom stereocenters. The van der Waals surface area contributed by atoms with Crippen molar-refractivity contribution in [2.75, 3.05) is 13.7 Å². The van der Waals surface area contributed by atoms with Crippen molar-refractivity contribution in [3.05, 3.63) is 23.3 Å². The van der Waals surface area contributed by atoms with Crippen LogP contribution in [0.1, 0.15) is 33.6 Å². The van der Waals surface area contributed by atoms with Gasteiger partial charge in [-0.3, -0.25) is 0 Å². The van der Waals surface area contributed by atoms with Gasteiger partial charge in [0.2, 0.25) is 0 Å². The van der Waals surface area contributed by atoms with Crippen molar-refractivity contribution in [2.45, 2.75) is 50.1 Å². The average molecular weight is 359 g/mol. The van der Waals surface area contributed by atoms with Gasteiger partial charge in [0, 0.05) is 6.08 Å². The van der Waals surface area contributed by atoms with Gasteiger partial charge in [-0.05, 0) is 33.6 Å². The number of ether oxygens (including phenoxy) is 2. The van der Waals surface area contributed by atoms with E-state index in [1.54, 1.807) is 0 Å². The van der Waals surface area contributed by atoms with Gasteiger partial charge >= 0.3 is 5.97 Å². The molecule has 0 aromatic heterocycles. The van der Waals surface area contributed by atoms with E-state index in [1.165, 1.54) is 18.8 Å². The van der Waals surface area contributed by atoms with Crippen LogP contribution in [0.25, 0.3) is 0 Å². The van der Waals surface area contributed by atoms with Crippen molar-refractivity contribution in [3.63, 3.8) is 0 Å². The van der Waals surface area contributed by atoms with Gasteiger partial charge in [-0.2, -0.15) is 0 Å². The van der Waals surface area contributed by atoms with E-state index in [1.807, 2.05) is 6.92 Å². The zero-order valence-corrected chi connectivity index (χ0v) is 14.6. The number of esters is 1. The lowest BCUT2D eigenvalue weighted by atomic mass is 9.69. The molecule has 1 fully saturated rings. The minimum absolute atomic E-state index is 0.0575. The van der Waals surface area contributed by atoms with Crippen LogP contribution in [0.15, 0.2) is 23.3 Å². The van der Waals surface area contributed by atoms with Crippen LogP contribution in [0, 0.1) is 5.41 Å². The number of aliphatic hydroxyl groups is 1. The molecular formula is C16H23BrO4. The highest BCUT2D eigenvalue weighted by molar-refractivity contribution is 9.09. The third-order valence-corrected chi connectivity index (χ3v) is 6.33. The van der Waals surface area contributed by atoms with E-state index in [4.69, 9.17) is 4.74 Å². The van der Waals surface area contributed by atoms with Crippen molar-refractivity contribution < 1.29 is 19.4 Å². The minimum Gasteiger partial charge on any atom is -0.466 e. The number of hydrogen-bond acceptors (Lipinski definition) is 4. The monoisotopic (exact) mass is 358 g/mol. The minimum atomic E-state index is -0.611. The molecule has 0 radical (unpaired) electrons. The Morgan fingerprint density at radius 2 is 2.38 bits per heavy atom. The average Bonchev–Trinajstić information content (AvgIpc) is 2.57. The summed E-state index contributed by atoms with van der Waals surface area (Å²) in [6, 6.07) is 0. The quantitative estimate of drug-likeness (QED) is 0.363. The Labute approximate surface area is 134 Å². The molecule has 1 aliphatic heterocycles. The lowest BCUT2D eigenvalue weighted by Crippen LogP contribution is -2.48. The Morgan fingerprint density at radius 1 is 1.71 bits per heavy atom. The molecule has 5 heteroatoms. The maximum absolute atomic E-state index is 11.3. The van der Waals surface area contributed by atoms with Gasteiger partial charge in [0.05, 0.1) is 35.7 Å². The maximum atomic E-state index is 11.3. The highest BCUT2D eigenvalue weighted by Gasteiger charge is 2.59. The molecule has 0 aromatic carbocycles. The van der Waals surface area contributed by atoms with E-state index >= 15 is 0 Å². The number of alkyl halides is 1. The number of hydrogen-bond donors (Lipinski definition) is 1. The second kappa shape index (κ2) is 5.86. The van der Waals surface area contributed by atoms with Crippen LogP contribution in [0.2, 0.25) is 0 Å². The standard InChI is InChI=1S/C16H23BrO4/c1-10(6-13(19)20-4)5-12(18)16-8-11(2)7-15(3,14(16)17)21-9-16/h6,8,12,14,18H,5,7,9H2,1-4H3/b10-6+/t12-,14-,15+,16+/m1/s1. The zero-order valence-electron chi connectivity index (χ0n) is 13.0. The van der Waals surface area contributed by atoms with Crippen LogP contribution < -0.4 is 0 Å². The Balaban J connectivity index is 2.22. The number of rotatable bonds is 4. The second-order valence-corrected chi connectivity index (χ2v) is 7.39. The molecule has 2 aliphatic rings. The van der Waals surface area contributed by atoms with Gasteiger partial charge in [0.1, 0.15) is 0 Å². The molecule has 1 N–H and O–H groups in total. The van der Waals surface area contributed by atoms with Crippen LogP contribution in [-0.4, -0.2) is 41.3 Å². The first-order valence-electron chi connectivity index (χ1n) is 7.13. The predicted molar refractivity (Wildman–Crippen MR) is 84.3 cm³/mol. The largest absolute Gasteiger partial charge is 0.466 e. The highest BCUT2D eigenvalue weighted by Crippen LogP contribution is 2.54. The van der Waals surface area contributed by atoms with Gasteiger partial charge in [0.15, 0.2) is 0 Å². The fraction of sp³-hybridized carbons (Fsp3) is 0.688. The molecule has 0 aromatic rings. The molecule has 4 atom stereocenters. The highest BCUT2D eigenvalue weighted by atomic mass is 79.9. The van der Waals surface area contributed by atoms with Crippen molar-refractivity contribution in [1.82, 2.24) is 0 Å². The summed E-state index contributed by atoms with van der Waals surface area (Å²) in [4.78, 5) is 11.3. The summed E-state index contributed by atoms with van der Waals surface area (Å²) >= 11 is 3.74. The molecule has 2 bridgehead atoms. The van der Waals surface area contributed by atoms with Crippen LogP contribution in [-0.2, 0) is 14.3 Å². The Morgan fingerprint density at radius 3 is 3.00 bits per heavy atom. The third kappa shape index (κ3) is 2.96. The van der Waals surface area contributed by atoms with E-state index in [-0.39, 0.29) is 10.4 Å². The summed E-state index contributed by atoms with van der Waals surface area (Å²) in [5, 5.41) is 10.8. The molecule has 1 saturated heterocycles. The number of aliphatic hydroxyl groups excluding tert-OH is 1. The van der Waals surface area contributed by atoms with Gasteiger partial charge < -0.3 is 14.6 Å². The van der Waals surface area contributed by atoms with Crippen molar-refractivity contribution in [1.29, 1.82) is 0 Å². The maximum Gasteiger partial charge on any atom is 0.330 e. The van der Waals surface area contributed by atoms with Gasteiger partial charge in [-0.15, -0.1) is 0 Å². The molecule has 1 aliphatic carbocycles. The number of halogens is 1. The van der Waals surface area contributed by atoms with E-state index < -0.39 is 17.5 Å². The van der Waals surface area contributed by atoms with Crippen molar-refractivity contribution in [2.24, 2.45) is 5.41 Å². The summed E-state index contributed by atoms with van der Waals surface area (Å²) in [5.41, 5.74) is 1.32. The molecule has 118 valence electrons.